The van der Waals surface area contributed by atoms with Gasteiger partial charge in [0, 0.05) is 31.7 Å². The molecule has 2 aliphatic heterocycles. The molecule has 6 nitrogen and oxygen atoms in total. The summed E-state index contributed by atoms with van der Waals surface area (Å²) in [6.45, 7) is 1.95. The number of nitrogens with two attached hydrogens (primary N) is 1. The van der Waals surface area contributed by atoms with Crippen molar-refractivity contribution in [2.45, 2.75) is 43.9 Å². The van der Waals surface area contributed by atoms with E-state index in [1.165, 1.54) is 4.31 Å². The Morgan fingerprint density at radius 2 is 1.94 bits per heavy atom. The molecule has 104 valence electrons. The Morgan fingerprint density at radius 1 is 1.22 bits per heavy atom. The molecule has 0 aromatic heterocycles. The Kier molecular flexibility index (Phi) is 3.36. The number of ether oxygens (including phenoxy) is 1. The molecule has 7 heteroatoms. The molecule has 3 fully saturated rings. The maximum Gasteiger partial charge on any atom is 0.279 e. The van der Waals surface area contributed by atoms with Gasteiger partial charge in [-0.2, -0.15) is 17.4 Å². The second kappa shape index (κ2) is 4.72. The van der Waals surface area contributed by atoms with Crippen molar-refractivity contribution in [1.82, 2.24) is 9.03 Å². The smallest absolute Gasteiger partial charge is 0.279 e. The number of nitrogens with one attached hydrogen (secondary N) is 1. The van der Waals surface area contributed by atoms with Gasteiger partial charge in [0.15, 0.2) is 0 Å². The molecule has 0 spiro atoms. The maximum atomic E-state index is 12.2. The number of fused-ring (bicyclic) bond motifs is 1. The molecule has 2 saturated heterocycles. The minimum atomic E-state index is -3.38. The number of rotatable bonds is 3. The minimum absolute atomic E-state index is 0.0221. The first-order chi connectivity index (χ1) is 8.59. The molecule has 3 N–H and O–H groups in total. The van der Waals surface area contributed by atoms with Crippen molar-refractivity contribution in [1.29, 1.82) is 0 Å². The first-order valence-electron chi connectivity index (χ1n) is 6.74. The highest BCUT2D eigenvalue weighted by atomic mass is 32.2. The van der Waals surface area contributed by atoms with E-state index in [-0.39, 0.29) is 18.2 Å². The van der Waals surface area contributed by atoms with Crippen molar-refractivity contribution in [3.8, 4) is 0 Å². The summed E-state index contributed by atoms with van der Waals surface area (Å²) < 4.78 is 34.2. The molecule has 1 aliphatic carbocycles. The van der Waals surface area contributed by atoms with Crippen LogP contribution in [0.5, 0.6) is 0 Å². The predicted octanol–water partition coefficient (Wildman–Crippen LogP) is -0.579. The number of nitrogens with zero attached hydrogens (tertiary/aromatic N) is 1. The summed E-state index contributed by atoms with van der Waals surface area (Å²) >= 11 is 0. The van der Waals surface area contributed by atoms with E-state index >= 15 is 0 Å². The van der Waals surface area contributed by atoms with Crippen LogP contribution in [0.4, 0.5) is 0 Å². The molecule has 3 rings (SSSR count). The Balaban J connectivity index is 1.65. The van der Waals surface area contributed by atoms with Crippen LogP contribution in [-0.2, 0) is 14.9 Å². The summed E-state index contributed by atoms with van der Waals surface area (Å²) in [5.41, 5.74) is 6.06. The van der Waals surface area contributed by atoms with Gasteiger partial charge in [-0.1, -0.05) is 0 Å². The zero-order valence-electron chi connectivity index (χ0n) is 10.4. The van der Waals surface area contributed by atoms with Gasteiger partial charge in [0.2, 0.25) is 0 Å². The van der Waals surface area contributed by atoms with Crippen molar-refractivity contribution < 1.29 is 13.2 Å². The molecule has 18 heavy (non-hydrogen) atoms. The van der Waals surface area contributed by atoms with E-state index in [1.807, 2.05) is 0 Å². The molecule has 0 amide bonds. The molecule has 0 aromatic carbocycles. The Morgan fingerprint density at radius 3 is 2.67 bits per heavy atom. The molecule has 0 radical (unpaired) electrons. The van der Waals surface area contributed by atoms with Crippen LogP contribution in [0.25, 0.3) is 0 Å². The fourth-order valence-electron chi connectivity index (χ4n) is 3.27. The fraction of sp³-hybridized carbons (Fsp3) is 1.00. The molecule has 2 heterocycles. The van der Waals surface area contributed by atoms with Crippen LogP contribution < -0.4 is 10.5 Å². The molecule has 0 bridgehead atoms. The topological polar surface area (TPSA) is 84.7 Å². The van der Waals surface area contributed by atoms with Gasteiger partial charge in [-0.15, -0.1) is 0 Å². The van der Waals surface area contributed by atoms with Gasteiger partial charge in [0.1, 0.15) is 0 Å². The van der Waals surface area contributed by atoms with E-state index < -0.39 is 10.2 Å². The molecule has 0 aromatic rings. The van der Waals surface area contributed by atoms with Crippen LogP contribution >= 0.6 is 0 Å². The molecule has 3 aliphatic rings. The molecule has 4 atom stereocenters. The van der Waals surface area contributed by atoms with E-state index in [1.54, 1.807) is 0 Å². The minimum Gasteiger partial charge on any atom is -0.376 e. The first kappa shape index (κ1) is 12.8. The zero-order valence-corrected chi connectivity index (χ0v) is 11.2. The third-order valence-electron chi connectivity index (χ3n) is 4.37. The summed E-state index contributed by atoms with van der Waals surface area (Å²) in [4.78, 5) is 0. The van der Waals surface area contributed by atoms with E-state index in [2.05, 4.69) is 4.72 Å². The lowest BCUT2D eigenvalue weighted by Gasteiger charge is -2.52. The van der Waals surface area contributed by atoms with Gasteiger partial charge in [-0.05, 0) is 25.7 Å². The normalized spacial score (nSPS) is 41.4. The van der Waals surface area contributed by atoms with Crippen molar-refractivity contribution in [3.63, 3.8) is 0 Å². The molecule has 4 unspecified atom stereocenters. The van der Waals surface area contributed by atoms with Gasteiger partial charge in [0.05, 0.1) is 12.1 Å². The third-order valence-corrected chi connectivity index (χ3v) is 5.98. The monoisotopic (exact) mass is 275 g/mol. The predicted molar refractivity (Wildman–Crippen MR) is 67.1 cm³/mol. The van der Waals surface area contributed by atoms with E-state index in [0.29, 0.717) is 19.0 Å². The lowest BCUT2D eigenvalue weighted by Crippen LogP contribution is -2.72. The van der Waals surface area contributed by atoms with Crippen LogP contribution in [-0.4, -0.2) is 50.6 Å². The van der Waals surface area contributed by atoms with Gasteiger partial charge >= 0.3 is 0 Å². The van der Waals surface area contributed by atoms with Gasteiger partial charge in [-0.3, -0.25) is 0 Å². The summed E-state index contributed by atoms with van der Waals surface area (Å²) in [5, 5.41) is 0. The zero-order chi connectivity index (χ0) is 12.8. The van der Waals surface area contributed by atoms with Crippen LogP contribution in [0, 0.1) is 5.92 Å². The quantitative estimate of drug-likeness (QED) is 0.722. The van der Waals surface area contributed by atoms with Crippen molar-refractivity contribution in [2.24, 2.45) is 11.7 Å². The van der Waals surface area contributed by atoms with Crippen molar-refractivity contribution in [2.75, 3.05) is 19.7 Å². The van der Waals surface area contributed by atoms with Gasteiger partial charge < -0.3 is 10.5 Å². The maximum absolute atomic E-state index is 12.2. The first-order valence-corrected chi connectivity index (χ1v) is 8.18. The van der Waals surface area contributed by atoms with E-state index in [0.717, 1.165) is 32.3 Å². The van der Waals surface area contributed by atoms with Crippen molar-refractivity contribution >= 4 is 10.2 Å². The third kappa shape index (κ3) is 2.08. The summed E-state index contributed by atoms with van der Waals surface area (Å²) in [5.74, 6) is 0.324. The van der Waals surface area contributed by atoms with Crippen LogP contribution in [0.2, 0.25) is 0 Å². The van der Waals surface area contributed by atoms with Gasteiger partial charge in [0.25, 0.3) is 10.2 Å². The SMILES string of the molecule is NC1C2CCCOC2C1NS(=O)(=O)N1CCCC1. The highest BCUT2D eigenvalue weighted by molar-refractivity contribution is 7.87. The number of hydrogen-bond acceptors (Lipinski definition) is 4. The number of hydrogen-bond donors (Lipinski definition) is 2. The highest BCUT2D eigenvalue weighted by Gasteiger charge is 2.52. The molecule has 1 saturated carbocycles. The fourth-order valence-corrected chi connectivity index (χ4v) is 4.79. The highest BCUT2D eigenvalue weighted by Crippen LogP contribution is 2.37. The second-order valence-corrected chi connectivity index (χ2v) is 7.18. The van der Waals surface area contributed by atoms with E-state index in [4.69, 9.17) is 10.5 Å². The van der Waals surface area contributed by atoms with Crippen LogP contribution in [0.1, 0.15) is 25.7 Å². The molecular formula is C11H21N3O3S. The second-order valence-electron chi connectivity index (χ2n) is 5.47. The average molecular weight is 275 g/mol. The lowest BCUT2D eigenvalue weighted by molar-refractivity contribution is -0.114. The average Bonchev–Trinajstić information content (AvgIpc) is 2.90. The van der Waals surface area contributed by atoms with Crippen molar-refractivity contribution in [3.05, 3.63) is 0 Å². The van der Waals surface area contributed by atoms with Crippen LogP contribution in [0.15, 0.2) is 0 Å². The molecular weight excluding hydrogens is 254 g/mol. The Labute approximate surface area is 108 Å². The summed E-state index contributed by atoms with van der Waals surface area (Å²) in [6, 6.07) is -0.353. The van der Waals surface area contributed by atoms with Crippen LogP contribution in [0.3, 0.4) is 0 Å². The van der Waals surface area contributed by atoms with E-state index in [9.17, 15) is 8.42 Å². The van der Waals surface area contributed by atoms with Gasteiger partial charge in [-0.25, -0.2) is 0 Å². The Bertz CT molecular complexity index is 408. The summed E-state index contributed by atoms with van der Waals surface area (Å²) in [7, 11) is -3.38. The lowest BCUT2D eigenvalue weighted by atomic mass is 9.69. The largest absolute Gasteiger partial charge is 0.376 e. The summed E-state index contributed by atoms with van der Waals surface area (Å²) in [6.07, 6.45) is 3.94. The standard InChI is InChI=1S/C11H21N3O3S/c12-9-8-4-3-7-17-11(8)10(9)13-18(15,16)14-5-1-2-6-14/h8-11,13H,1-7,12H2. The Hall–Kier alpha value is -0.210.